The van der Waals surface area contributed by atoms with Crippen molar-refractivity contribution in [1.29, 1.82) is 0 Å². The molecule has 4 aromatic heterocycles. The molecular formula is C100H110FN15O7S. The largest absolute Gasteiger partial charge is 0.469 e. The standard InChI is InChI=1S/C36H40N4O3S.C24H26N4O2.C24H28N4.C16H16FN3O2/c1-25-10-11-29(20-26(25)2)38-30-14-16-37-34(22-30)32-23-31(40-17-5-4-6-18-40)12-13-33(32)39-36(42)28-9-7-8-27(21-28)24-44-19-15-35(41)43-3;1-17-6-7-19(14-18(17)2)26-20-10-11-25-23(15-20)22-16-21(8-9-24(22)28(29)30)27-12-4-3-5-13-27;1-17-6-7-19(14-18(17)2)27-20-10-11-26-24(15-20)22-16-21(8-9-23(22)25)28-12-4-3-5-13-28;17-12-6-7-18-15(10-12)14-11-13(4-5-16(14)20(21)22)19-8-2-1-3-9-19/h7-14,16,20-23H,4-6,15,17-19,24H2,1-3H3,(H,37,38)(H,39,42);6-11,14-16H,3-5,12-13H2,1-2H3,(H,25,26);6-11,14-16H,3-5,12-13,25H2,1-2H3,(H,26,27);4-7,10-11H,1-3,8-9H2. The van der Waals surface area contributed by atoms with Gasteiger partial charge in [0, 0.05) is 186 Å². The van der Waals surface area contributed by atoms with Crippen LogP contribution in [-0.2, 0) is 15.3 Å². The molecule has 4 aliphatic heterocycles. The molecule has 0 saturated carbocycles. The minimum Gasteiger partial charge on any atom is -0.469 e. The van der Waals surface area contributed by atoms with E-state index in [-0.39, 0.29) is 33.9 Å². The van der Waals surface area contributed by atoms with Crippen LogP contribution in [0.25, 0.3) is 45.0 Å². The van der Waals surface area contributed by atoms with E-state index in [9.17, 15) is 34.2 Å². The van der Waals surface area contributed by atoms with Crippen LogP contribution < -0.4 is 46.6 Å². The van der Waals surface area contributed by atoms with E-state index in [0.717, 1.165) is 163 Å². The highest BCUT2D eigenvalue weighted by Gasteiger charge is 2.25. The van der Waals surface area contributed by atoms with E-state index in [0.29, 0.717) is 46.0 Å². The third-order valence-electron chi connectivity index (χ3n) is 23.2. The van der Waals surface area contributed by atoms with Crippen LogP contribution in [0.15, 0.2) is 225 Å². The van der Waals surface area contributed by atoms with Crippen molar-refractivity contribution in [3.05, 3.63) is 296 Å². The number of ether oxygens (including phenoxy) is 1. The number of anilines is 12. The van der Waals surface area contributed by atoms with Crippen LogP contribution in [0, 0.1) is 67.6 Å². The normalized spacial score (nSPS) is 13.8. The maximum Gasteiger partial charge on any atom is 0.306 e. The topological polar surface area (TPSA) is 268 Å². The average Bonchev–Trinajstić information content (AvgIpc) is 0.806. The zero-order valence-electron chi connectivity index (χ0n) is 71.8. The Bertz CT molecular complexity index is 5730. The minimum absolute atomic E-state index is 0.0566. The van der Waals surface area contributed by atoms with Crippen LogP contribution in [0.4, 0.5) is 84.0 Å². The van der Waals surface area contributed by atoms with Crippen molar-refractivity contribution in [1.82, 2.24) is 19.9 Å². The molecule has 0 bridgehead atoms. The number of aryl methyl sites for hydroxylation is 6. The van der Waals surface area contributed by atoms with Gasteiger partial charge in [-0.3, -0.25) is 49.8 Å². The van der Waals surface area contributed by atoms with Crippen molar-refractivity contribution in [2.45, 2.75) is 131 Å². The number of nitrogens with zero attached hydrogens (tertiary/aromatic N) is 10. The summed E-state index contributed by atoms with van der Waals surface area (Å²) in [7, 11) is 1.40. The third kappa shape index (κ3) is 24.1. The molecule has 124 heavy (non-hydrogen) atoms. The Morgan fingerprint density at radius 2 is 0.790 bits per heavy atom. The SMILES string of the molecule is COC(=O)CCSCc1cccc(C(=O)Nc2ccc(N3CCCCC3)cc2-c2cc(Nc3ccc(C)c(C)c3)ccn2)c1.Cc1ccc(Nc2ccnc(-c3cc(N4CCCCC4)ccc3N)c2)cc1C.Cc1ccc(Nc2ccnc(-c3cc(N4CCCCC4)ccc3[N+](=O)[O-])c2)cc1C.O=[N+]([O-])c1ccc(N2CCCCC2)cc1-c1cc(F)ccn1. The van der Waals surface area contributed by atoms with E-state index in [2.05, 4.69) is 176 Å². The van der Waals surface area contributed by atoms with E-state index in [1.807, 2.05) is 91.1 Å². The molecule has 0 spiro atoms. The second-order valence-electron chi connectivity index (χ2n) is 32.1. The van der Waals surface area contributed by atoms with E-state index < -0.39 is 10.7 Å². The average molecular weight is 1690 g/mol. The molecule has 1 amide bonds. The van der Waals surface area contributed by atoms with Gasteiger partial charge in [-0.25, -0.2) is 4.39 Å². The Labute approximate surface area is 730 Å². The monoisotopic (exact) mass is 1680 g/mol. The molecule has 12 aromatic rings. The molecule has 8 heterocycles. The Morgan fingerprint density at radius 3 is 1.20 bits per heavy atom. The molecular weight excluding hydrogens is 1570 g/mol. The number of nitro benzene ring substituents is 2. The molecule has 16 rings (SSSR count). The van der Waals surface area contributed by atoms with Gasteiger partial charge in [-0.2, -0.15) is 11.8 Å². The van der Waals surface area contributed by atoms with Crippen molar-refractivity contribution in [2.75, 3.05) is 112 Å². The number of rotatable bonds is 23. The molecule has 4 fully saturated rings. The van der Waals surface area contributed by atoms with Gasteiger partial charge in [0.15, 0.2) is 0 Å². The van der Waals surface area contributed by atoms with Gasteiger partial charge in [-0.15, -0.1) is 0 Å². The zero-order valence-corrected chi connectivity index (χ0v) is 72.6. The number of thioether (sulfide) groups is 1. The number of nitrogens with two attached hydrogens (primary N) is 1. The van der Waals surface area contributed by atoms with Gasteiger partial charge in [-0.1, -0.05) is 30.3 Å². The Balaban J connectivity index is 0.000000147. The molecule has 4 saturated heterocycles. The smallest absolute Gasteiger partial charge is 0.306 e. The van der Waals surface area contributed by atoms with Crippen LogP contribution in [0.2, 0.25) is 0 Å². The highest BCUT2D eigenvalue weighted by atomic mass is 32.2. The molecule has 640 valence electrons. The lowest BCUT2D eigenvalue weighted by molar-refractivity contribution is -0.384. The number of halogens is 1. The van der Waals surface area contributed by atoms with Crippen molar-refractivity contribution in [3.63, 3.8) is 0 Å². The number of nitro groups is 2. The van der Waals surface area contributed by atoms with Gasteiger partial charge in [0.1, 0.15) is 5.82 Å². The summed E-state index contributed by atoms with van der Waals surface area (Å²) in [6.45, 7) is 20.8. The number of nitrogens with one attached hydrogen (secondary N) is 4. The van der Waals surface area contributed by atoms with Gasteiger partial charge < -0.3 is 51.3 Å². The molecule has 8 aromatic carbocycles. The fourth-order valence-electron chi connectivity index (χ4n) is 15.7. The molecule has 4 aliphatic rings. The first-order chi connectivity index (χ1) is 60.1. The number of hydrogen-bond donors (Lipinski definition) is 5. The molecule has 0 radical (unpaired) electrons. The summed E-state index contributed by atoms with van der Waals surface area (Å²) in [6.07, 6.45) is 21.5. The van der Waals surface area contributed by atoms with Crippen molar-refractivity contribution in [3.8, 4) is 45.0 Å². The number of pyridine rings is 4. The van der Waals surface area contributed by atoms with Gasteiger partial charge in [0.2, 0.25) is 0 Å². The van der Waals surface area contributed by atoms with E-state index in [1.165, 1.54) is 122 Å². The van der Waals surface area contributed by atoms with Crippen molar-refractivity contribution < 1.29 is 28.6 Å². The third-order valence-corrected chi connectivity index (χ3v) is 24.2. The quantitative estimate of drug-likeness (QED) is 0.0131. The number of piperidine rings is 4. The second kappa shape index (κ2) is 43.0. The highest BCUT2D eigenvalue weighted by Crippen LogP contribution is 2.40. The fourth-order valence-corrected chi connectivity index (χ4v) is 16.6. The number of hydrogen-bond acceptors (Lipinski definition) is 20. The highest BCUT2D eigenvalue weighted by molar-refractivity contribution is 7.98. The lowest BCUT2D eigenvalue weighted by atomic mass is 10.0. The van der Waals surface area contributed by atoms with Gasteiger partial charge in [0.25, 0.3) is 17.3 Å². The van der Waals surface area contributed by atoms with Crippen LogP contribution in [0.5, 0.6) is 0 Å². The van der Waals surface area contributed by atoms with E-state index in [4.69, 9.17) is 15.5 Å². The zero-order chi connectivity index (χ0) is 87.0. The number of amides is 1. The van der Waals surface area contributed by atoms with E-state index in [1.54, 1.807) is 42.4 Å². The van der Waals surface area contributed by atoms with Crippen LogP contribution >= 0.6 is 11.8 Å². The number of carbonyl (C=O) groups excluding carboxylic acids is 2. The van der Waals surface area contributed by atoms with Crippen LogP contribution in [0.1, 0.15) is 133 Å². The van der Waals surface area contributed by atoms with Gasteiger partial charge in [-0.05, 0) is 309 Å². The number of methoxy groups -OCH3 is 1. The van der Waals surface area contributed by atoms with Crippen molar-refractivity contribution >= 4 is 103 Å². The number of aromatic nitrogens is 4. The van der Waals surface area contributed by atoms with Crippen LogP contribution in [0.3, 0.4) is 0 Å². The molecule has 0 unspecified atom stereocenters. The Morgan fingerprint density at radius 1 is 0.419 bits per heavy atom. The summed E-state index contributed by atoms with van der Waals surface area (Å²) < 4.78 is 18.1. The Kier molecular flexibility index (Phi) is 30.7. The number of carbonyl (C=O) groups is 2. The predicted molar refractivity (Wildman–Crippen MR) is 505 cm³/mol. The summed E-state index contributed by atoms with van der Waals surface area (Å²) in [5.74, 6) is 0.525. The maximum atomic E-state index is 13.5. The fraction of sp³-hybridized carbons (Fsp3) is 0.300. The van der Waals surface area contributed by atoms with Crippen LogP contribution in [-0.4, -0.2) is 107 Å². The first-order valence-electron chi connectivity index (χ1n) is 42.8. The molecule has 22 nitrogen and oxygen atoms in total. The first-order valence-corrected chi connectivity index (χ1v) is 44.0. The molecule has 24 heteroatoms. The molecule has 6 N–H and O–H groups in total. The number of esters is 1. The summed E-state index contributed by atoms with van der Waals surface area (Å²) in [6, 6.07) is 63.7. The summed E-state index contributed by atoms with van der Waals surface area (Å²) in [4.78, 5) is 74.3. The maximum absolute atomic E-state index is 13.5. The lowest BCUT2D eigenvalue weighted by Crippen LogP contribution is -2.29. The van der Waals surface area contributed by atoms with Gasteiger partial charge >= 0.3 is 5.97 Å². The van der Waals surface area contributed by atoms with E-state index >= 15 is 0 Å². The first kappa shape index (κ1) is 88.6. The molecule has 0 aliphatic carbocycles. The van der Waals surface area contributed by atoms with Crippen molar-refractivity contribution in [2.24, 2.45) is 0 Å². The summed E-state index contributed by atoms with van der Waals surface area (Å²) in [5.41, 5.74) is 32.4. The minimum atomic E-state index is -0.456. The predicted octanol–water partition coefficient (Wildman–Crippen LogP) is 23.6. The summed E-state index contributed by atoms with van der Waals surface area (Å²) in [5, 5.41) is 36.5. The molecule has 0 atom stereocenters. The number of nitrogen functional groups attached to an aromatic ring is 1. The number of benzene rings is 8. The van der Waals surface area contributed by atoms with Gasteiger partial charge in [0.05, 0.1) is 63.0 Å². The second-order valence-corrected chi connectivity index (χ2v) is 33.2. The lowest BCUT2D eigenvalue weighted by Gasteiger charge is -2.29. The summed E-state index contributed by atoms with van der Waals surface area (Å²) >= 11 is 1.64. The Hall–Kier alpha value is -13.2.